The molecular weight excluding hydrogens is 250 g/mol. The fraction of sp³-hybridized carbons (Fsp3) is 0.385. The van der Waals surface area contributed by atoms with Gasteiger partial charge in [0.15, 0.2) is 0 Å². The first-order valence-corrected chi connectivity index (χ1v) is 5.87. The minimum absolute atomic E-state index is 0.0965. The topological polar surface area (TPSA) is 107 Å². The molecule has 1 aromatic rings. The Kier molecular flexibility index (Phi) is 4.74. The van der Waals surface area contributed by atoms with Crippen LogP contribution in [0.2, 0.25) is 0 Å². The van der Waals surface area contributed by atoms with E-state index in [0.717, 1.165) is 6.07 Å². The van der Waals surface area contributed by atoms with E-state index in [1.807, 2.05) is 13.8 Å². The second kappa shape index (κ2) is 6.08. The predicted molar refractivity (Wildman–Crippen MR) is 68.1 cm³/mol. The van der Waals surface area contributed by atoms with Gasteiger partial charge in [0.2, 0.25) is 0 Å². The molecule has 0 spiro atoms. The van der Waals surface area contributed by atoms with E-state index in [-0.39, 0.29) is 29.4 Å². The Morgan fingerprint density at radius 1 is 1.26 bits per heavy atom. The Balaban J connectivity index is 2.87. The molecule has 4 N–H and O–H groups in total. The number of phenolic OH excluding ortho intramolecular Hbond substituents is 2. The van der Waals surface area contributed by atoms with Crippen LogP contribution in [-0.4, -0.2) is 33.2 Å². The van der Waals surface area contributed by atoms with Crippen molar-refractivity contribution in [2.24, 2.45) is 5.92 Å². The zero-order valence-corrected chi connectivity index (χ0v) is 10.8. The average Bonchev–Trinajstić information content (AvgIpc) is 2.30. The maximum atomic E-state index is 11.9. The highest BCUT2D eigenvalue weighted by atomic mass is 16.4. The molecule has 6 nitrogen and oxygen atoms in total. The minimum atomic E-state index is -1.14. The summed E-state index contributed by atoms with van der Waals surface area (Å²) >= 11 is 0. The lowest BCUT2D eigenvalue weighted by Gasteiger charge is -2.16. The van der Waals surface area contributed by atoms with Crippen molar-refractivity contribution >= 4 is 11.9 Å². The minimum Gasteiger partial charge on any atom is -0.508 e. The van der Waals surface area contributed by atoms with Crippen LogP contribution in [-0.2, 0) is 4.79 Å². The number of rotatable bonds is 5. The number of carboxylic acid groups (broad SMARTS) is 1. The molecule has 0 saturated heterocycles. The van der Waals surface area contributed by atoms with Crippen molar-refractivity contribution in [3.8, 4) is 11.5 Å². The number of hydrogen-bond acceptors (Lipinski definition) is 4. The summed E-state index contributed by atoms with van der Waals surface area (Å²) in [4.78, 5) is 22.9. The van der Waals surface area contributed by atoms with Gasteiger partial charge in [-0.1, -0.05) is 13.8 Å². The van der Waals surface area contributed by atoms with Crippen LogP contribution in [0.3, 0.4) is 0 Å². The first kappa shape index (κ1) is 14.8. The number of carboxylic acids is 1. The zero-order chi connectivity index (χ0) is 14.6. The van der Waals surface area contributed by atoms with Crippen LogP contribution in [0.5, 0.6) is 11.5 Å². The normalized spacial score (nSPS) is 12.2. The molecule has 1 aromatic carbocycles. The van der Waals surface area contributed by atoms with Gasteiger partial charge >= 0.3 is 5.97 Å². The molecular formula is C13H17NO5. The molecule has 6 heteroatoms. The number of hydrogen-bond donors (Lipinski definition) is 4. The van der Waals surface area contributed by atoms with Crippen LogP contribution in [0.4, 0.5) is 0 Å². The van der Waals surface area contributed by atoms with Crippen molar-refractivity contribution in [1.29, 1.82) is 0 Å². The molecule has 0 aliphatic rings. The molecule has 1 amide bonds. The molecule has 19 heavy (non-hydrogen) atoms. The van der Waals surface area contributed by atoms with Crippen molar-refractivity contribution in [3.63, 3.8) is 0 Å². The Morgan fingerprint density at radius 2 is 1.89 bits per heavy atom. The third-order valence-corrected chi connectivity index (χ3v) is 2.54. The summed E-state index contributed by atoms with van der Waals surface area (Å²) in [5, 5.41) is 30.1. The van der Waals surface area contributed by atoms with Crippen molar-refractivity contribution in [3.05, 3.63) is 23.8 Å². The Hall–Kier alpha value is -2.24. The van der Waals surface area contributed by atoms with Crippen molar-refractivity contribution in [1.82, 2.24) is 5.32 Å². The maximum Gasteiger partial charge on any atom is 0.326 e. The largest absolute Gasteiger partial charge is 0.508 e. The lowest BCUT2D eigenvalue weighted by Crippen LogP contribution is -2.41. The lowest BCUT2D eigenvalue weighted by atomic mass is 10.0. The second-order valence-corrected chi connectivity index (χ2v) is 4.70. The highest BCUT2D eigenvalue weighted by molar-refractivity contribution is 5.99. The SMILES string of the molecule is CC(C)C[C@H](NC(=O)c1cc(O)ccc1O)C(=O)O. The summed E-state index contributed by atoms with van der Waals surface area (Å²) in [6.45, 7) is 3.68. The van der Waals surface area contributed by atoms with Crippen molar-refractivity contribution in [2.75, 3.05) is 0 Å². The van der Waals surface area contributed by atoms with Crippen LogP contribution >= 0.6 is 0 Å². The molecule has 0 saturated carbocycles. The molecule has 1 atom stereocenters. The molecule has 0 aliphatic carbocycles. The summed E-state index contributed by atoms with van der Waals surface area (Å²) in [6, 6.07) is 2.45. The average molecular weight is 267 g/mol. The van der Waals surface area contributed by atoms with Gasteiger partial charge in [0, 0.05) is 0 Å². The smallest absolute Gasteiger partial charge is 0.326 e. The number of carbonyl (C=O) groups is 2. The molecule has 0 unspecified atom stereocenters. The van der Waals surface area contributed by atoms with Crippen LogP contribution in [0.15, 0.2) is 18.2 Å². The van der Waals surface area contributed by atoms with Gasteiger partial charge in [0.25, 0.3) is 5.91 Å². The Morgan fingerprint density at radius 3 is 2.42 bits per heavy atom. The predicted octanol–water partition coefficient (Wildman–Crippen LogP) is 1.33. The summed E-state index contributed by atoms with van der Waals surface area (Å²) in [6.07, 6.45) is 0.278. The summed E-state index contributed by atoms with van der Waals surface area (Å²) in [7, 11) is 0. The van der Waals surface area contributed by atoms with Gasteiger partial charge in [-0.3, -0.25) is 4.79 Å². The van der Waals surface area contributed by atoms with Gasteiger partial charge in [0.05, 0.1) is 5.56 Å². The summed E-state index contributed by atoms with van der Waals surface area (Å²) in [5.74, 6) is -2.27. The van der Waals surface area contributed by atoms with E-state index in [0.29, 0.717) is 0 Å². The quantitative estimate of drug-likeness (QED) is 0.602. The molecule has 0 bridgehead atoms. The van der Waals surface area contributed by atoms with E-state index in [1.165, 1.54) is 12.1 Å². The molecule has 1 rings (SSSR count). The Bertz CT molecular complexity index is 484. The third kappa shape index (κ3) is 4.17. The van der Waals surface area contributed by atoms with Gasteiger partial charge in [-0.25, -0.2) is 4.79 Å². The van der Waals surface area contributed by atoms with Crippen molar-refractivity contribution in [2.45, 2.75) is 26.3 Å². The molecule has 0 radical (unpaired) electrons. The first-order valence-electron chi connectivity index (χ1n) is 5.87. The van der Waals surface area contributed by atoms with Crippen LogP contribution in [0, 0.1) is 5.92 Å². The Labute approximate surface area is 110 Å². The highest BCUT2D eigenvalue weighted by Crippen LogP contribution is 2.22. The summed E-state index contributed by atoms with van der Waals surface area (Å²) in [5.41, 5.74) is -0.157. The van der Waals surface area contributed by atoms with Gasteiger partial charge in [-0.05, 0) is 30.5 Å². The fourth-order valence-corrected chi connectivity index (χ4v) is 1.63. The molecule has 0 fully saturated rings. The second-order valence-electron chi connectivity index (χ2n) is 4.70. The van der Waals surface area contributed by atoms with Crippen LogP contribution < -0.4 is 5.32 Å². The number of amides is 1. The number of nitrogens with one attached hydrogen (secondary N) is 1. The lowest BCUT2D eigenvalue weighted by molar-refractivity contribution is -0.139. The monoisotopic (exact) mass is 267 g/mol. The van der Waals surface area contributed by atoms with E-state index in [9.17, 15) is 19.8 Å². The van der Waals surface area contributed by atoms with E-state index >= 15 is 0 Å². The van der Waals surface area contributed by atoms with E-state index in [2.05, 4.69) is 5.32 Å². The van der Waals surface area contributed by atoms with Crippen LogP contribution in [0.1, 0.15) is 30.6 Å². The first-order chi connectivity index (χ1) is 8.81. The van der Waals surface area contributed by atoms with E-state index in [1.54, 1.807) is 0 Å². The van der Waals surface area contributed by atoms with Gasteiger partial charge in [0.1, 0.15) is 17.5 Å². The van der Waals surface area contributed by atoms with Gasteiger partial charge < -0.3 is 20.6 Å². The zero-order valence-electron chi connectivity index (χ0n) is 10.8. The van der Waals surface area contributed by atoms with E-state index < -0.39 is 17.9 Å². The third-order valence-electron chi connectivity index (χ3n) is 2.54. The number of benzene rings is 1. The number of phenols is 2. The molecule has 0 aliphatic heterocycles. The fourth-order valence-electron chi connectivity index (χ4n) is 1.63. The molecule has 104 valence electrons. The maximum absolute atomic E-state index is 11.9. The molecule has 0 aromatic heterocycles. The summed E-state index contributed by atoms with van der Waals surface area (Å²) < 4.78 is 0. The highest BCUT2D eigenvalue weighted by Gasteiger charge is 2.23. The van der Waals surface area contributed by atoms with Crippen molar-refractivity contribution < 1.29 is 24.9 Å². The van der Waals surface area contributed by atoms with Gasteiger partial charge in [-0.15, -0.1) is 0 Å². The van der Waals surface area contributed by atoms with Gasteiger partial charge in [-0.2, -0.15) is 0 Å². The van der Waals surface area contributed by atoms with Crippen LogP contribution in [0.25, 0.3) is 0 Å². The number of aliphatic carboxylic acids is 1. The molecule has 0 heterocycles. The standard InChI is InChI=1S/C13H17NO5/c1-7(2)5-10(13(18)19)14-12(17)9-6-8(15)3-4-11(9)16/h3-4,6-7,10,15-16H,5H2,1-2H3,(H,14,17)(H,18,19)/t10-/m0/s1. The van der Waals surface area contributed by atoms with E-state index in [4.69, 9.17) is 5.11 Å². The number of carbonyl (C=O) groups excluding carboxylic acids is 1. The number of aromatic hydroxyl groups is 2.